The number of guanidine groups is 1. The third-order valence-corrected chi connectivity index (χ3v) is 2.89. The number of hydrogen-bond acceptors (Lipinski definition) is 4. The van der Waals surface area contributed by atoms with Gasteiger partial charge in [0.1, 0.15) is 0 Å². The van der Waals surface area contributed by atoms with E-state index in [9.17, 15) is 4.21 Å². The molecule has 0 fully saturated rings. The fourth-order valence-electron chi connectivity index (χ4n) is 1.26. The molecule has 0 heterocycles. The van der Waals surface area contributed by atoms with Crippen molar-refractivity contribution in [2.75, 3.05) is 31.8 Å². The predicted octanol–water partition coefficient (Wildman–Crippen LogP) is -0.411. The maximum absolute atomic E-state index is 11.0. The Labute approximate surface area is 106 Å². The summed E-state index contributed by atoms with van der Waals surface area (Å²) in [4.78, 5) is 4.25. The number of nitrogens with two attached hydrogens (primary N) is 1. The quantitative estimate of drug-likeness (QED) is 0.182. The van der Waals surface area contributed by atoms with Gasteiger partial charge in [0.15, 0.2) is 0 Å². The minimum Gasteiger partial charge on any atom is -0.382 e. The van der Waals surface area contributed by atoms with Crippen LogP contribution in [0.5, 0.6) is 0 Å². The third kappa shape index (κ3) is 10.2. The van der Waals surface area contributed by atoms with Crippen LogP contribution in [0.1, 0.15) is 20.3 Å². The fraction of sp³-hybridized carbons (Fsp3) is 0.900. The van der Waals surface area contributed by atoms with Crippen molar-refractivity contribution in [3.63, 3.8) is 0 Å². The zero-order chi connectivity index (χ0) is 13.1. The molecule has 0 radical (unpaired) electrons. The molecule has 0 spiro atoms. The van der Waals surface area contributed by atoms with E-state index in [0.717, 1.165) is 13.0 Å². The molecule has 0 aromatic carbocycles. The van der Waals surface area contributed by atoms with Gasteiger partial charge in [-0.2, -0.15) is 0 Å². The highest BCUT2D eigenvalue weighted by Gasteiger charge is 2.05. The summed E-state index contributed by atoms with van der Waals surface area (Å²) in [6, 6.07) is 0.0718. The Morgan fingerprint density at radius 2 is 2.29 bits per heavy atom. The molecule has 0 saturated heterocycles. The van der Waals surface area contributed by atoms with Crippen molar-refractivity contribution in [3.05, 3.63) is 0 Å². The smallest absolute Gasteiger partial charge is 0.205 e. The van der Waals surface area contributed by atoms with Gasteiger partial charge in [-0.25, -0.2) is 5.84 Å². The number of hydrazine groups is 1. The highest BCUT2D eigenvalue weighted by Crippen LogP contribution is 1.87. The Morgan fingerprint density at radius 3 is 2.82 bits per heavy atom. The van der Waals surface area contributed by atoms with Gasteiger partial charge < -0.3 is 10.1 Å². The molecule has 0 bridgehead atoms. The van der Waals surface area contributed by atoms with Gasteiger partial charge >= 0.3 is 0 Å². The lowest BCUT2D eigenvalue weighted by molar-refractivity contribution is 0.146. The molecule has 6 nitrogen and oxygen atoms in total. The summed E-state index contributed by atoms with van der Waals surface area (Å²) >= 11 is 0. The minimum absolute atomic E-state index is 0.0718. The molecule has 0 aliphatic heterocycles. The molecule has 102 valence electrons. The van der Waals surface area contributed by atoms with Gasteiger partial charge in [-0.1, -0.05) is 0 Å². The third-order valence-electron chi connectivity index (χ3n) is 1.93. The molecule has 4 N–H and O–H groups in total. The Bertz CT molecular complexity index is 248. The lowest BCUT2D eigenvalue weighted by atomic mass is 10.4. The van der Waals surface area contributed by atoms with Gasteiger partial charge in [-0.15, -0.1) is 0 Å². The maximum atomic E-state index is 11.0. The Balaban J connectivity index is 3.87. The van der Waals surface area contributed by atoms with Crippen molar-refractivity contribution in [3.8, 4) is 0 Å². The summed E-state index contributed by atoms with van der Waals surface area (Å²) in [7, 11) is -0.830. The van der Waals surface area contributed by atoms with Crippen LogP contribution in [0, 0.1) is 0 Å². The molecule has 2 atom stereocenters. The highest BCUT2D eigenvalue weighted by molar-refractivity contribution is 7.84. The van der Waals surface area contributed by atoms with Crippen LogP contribution >= 0.6 is 0 Å². The number of hydrogen-bond donors (Lipinski definition) is 3. The number of nitrogens with zero attached hydrogens (tertiary/aromatic N) is 1. The molecule has 7 heteroatoms. The molecular weight excluding hydrogens is 240 g/mol. The van der Waals surface area contributed by atoms with E-state index in [-0.39, 0.29) is 6.04 Å². The zero-order valence-electron chi connectivity index (χ0n) is 10.9. The van der Waals surface area contributed by atoms with Gasteiger partial charge in [0.2, 0.25) is 5.96 Å². The first kappa shape index (κ1) is 16.3. The molecule has 0 aromatic heterocycles. The second-order valence-corrected chi connectivity index (χ2v) is 5.19. The van der Waals surface area contributed by atoms with E-state index in [1.807, 2.05) is 13.8 Å². The lowest BCUT2D eigenvalue weighted by Gasteiger charge is -2.15. The summed E-state index contributed by atoms with van der Waals surface area (Å²) in [6.45, 7) is 5.98. The minimum atomic E-state index is -0.830. The van der Waals surface area contributed by atoms with Crippen molar-refractivity contribution in [2.45, 2.75) is 26.3 Å². The van der Waals surface area contributed by atoms with E-state index in [2.05, 4.69) is 15.7 Å². The number of rotatable bonds is 8. The number of aliphatic imine (C=N–C) groups is 1. The standard InChI is InChI=1S/C10H24N4O2S/c1-4-16-7-5-6-12-10(14-11)13-9(2)8-17(3)15/h9H,4-8,11H2,1-3H3,(H2,12,13,14). The Morgan fingerprint density at radius 1 is 1.59 bits per heavy atom. The van der Waals surface area contributed by atoms with Gasteiger partial charge in [0, 0.05) is 48.6 Å². The molecular formula is C10H24N4O2S. The van der Waals surface area contributed by atoms with Crippen LogP contribution in [0.4, 0.5) is 0 Å². The summed E-state index contributed by atoms with van der Waals surface area (Å²) in [5, 5.41) is 3.07. The number of ether oxygens (including phenoxy) is 1. The summed E-state index contributed by atoms with van der Waals surface area (Å²) in [6.07, 6.45) is 2.53. The topological polar surface area (TPSA) is 88.7 Å². The van der Waals surface area contributed by atoms with Crippen LogP contribution in [-0.4, -0.2) is 48.0 Å². The molecule has 0 rings (SSSR count). The van der Waals surface area contributed by atoms with Gasteiger partial charge in [0.05, 0.1) is 0 Å². The molecule has 0 aliphatic rings. The second kappa shape index (κ2) is 10.5. The Hall–Kier alpha value is -0.660. The fourth-order valence-corrected chi connectivity index (χ4v) is 2.05. The van der Waals surface area contributed by atoms with E-state index in [1.165, 1.54) is 0 Å². The normalized spacial score (nSPS) is 15.4. The lowest BCUT2D eigenvalue weighted by Crippen LogP contribution is -2.47. The highest BCUT2D eigenvalue weighted by atomic mass is 32.2. The van der Waals surface area contributed by atoms with Crippen LogP contribution in [0.3, 0.4) is 0 Å². The molecule has 0 saturated carbocycles. The molecule has 0 aliphatic carbocycles. The van der Waals surface area contributed by atoms with Crippen molar-refractivity contribution >= 4 is 16.8 Å². The average Bonchev–Trinajstić information content (AvgIpc) is 2.26. The SMILES string of the molecule is CCOCCCN=C(NN)NC(C)CS(C)=O. The zero-order valence-corrected chi connectivity index (χ0v) is 11.7. The summed E-state index contributed by atoms with van der Waals surface area (Å²) in [5.74, 6) is 6.44. The van der Waals surface area contributed by atoms with E-state index in [0.29, 0.717) is 24.9 Å². The van der Waals surface area contributed by atoms with Crippen molar-refractivity contribution in [1.82, 2.24) is 10.7 Å². The van der Waals surface area contributed by atoms with E-state index < -0.39 is 10.8 Å². The van der Waals surface area contributed by atoms with Crippen LogP contribution in [-0.2, 0) is 15.5 Å². The summed E-state index contributed by atoms with van der Waals surface area (Å²) in [5.41, 5.74) is 2.50. The van der Waals surface area contributed by atoms with E-state index in [4.69, 9.17) is 10.6 Å². The van der Waals surface area contributed by atoms with E-state index in [1.54, 1.807) is 6.26 Å². The van der Waals surface area contributed by atoms with Gasteiger partial charge in [0.25, 0.3) is 0 Å². The van der Waals surface area contributed by atoms with Gasteiger partial charge in [-0.05, 0) is 20.3 Å². The molecule has 2 unspecified atom stereocenters. The number of nitrogens with one attached hydrogen (secondary N) is 2. The van der Waals surface area contributed by atoms with Crippen LogP contribution in [0.2, 0.25) is 0 Å². The first-order valence-corrected chi connectivity index (χ1v) is 7.48. The van der Waals surface area contributed by atoms with Crippen LogP contribution < -0.4 is 16.6 Å². The monoisotopic (exact) mass is 264 g/mol. The maximum Gasteiger partial charge on any atom is 0.205 e. The average molecular weight is 264 g/mol. The van der Waals surface area contributed by atoms with E-state index >= 15 is 0 Å². The van der Waals surface area contributed by atoms with Gasteiger partial charge in [-0.3, -0.25) is 14.6 Å². The second-order valence-electron chi connectivity index (χ2n) is 3.71. The van der Waals surface area contributed by atoms with Crippen molar-refractivity contribution in [1.29, 1.82) is 0 Å². The largest absolute Gasteiger partial charge is 0.382 e. The predicted molar refractivity (Wildman–Crippen MR) is 72.3 cm³/mol. The first-order valence-electron chi connectivity index (χ1n) is 5.75. The molecule has 0 aromatic rings. The summed E-state index contributed by atoms with van der Waals surface area (Å²) < 4.78 is 16.2. The molecule has 17 heavy (non-hydrogen) atoms. The van der Waals surface area contributed by atoms with Crippen LogP contribution in [0.15, 0.2) is 4.99 Å². The first-order chi connectivity index (χ1) is 8.10. The Kier molecular flexibility index (Phi) is 10.1. The molecule has 0 amide bonds. The van der Waals surface area contributed by atoms with Crippen molar-refractivity contribution in [2.24, 2.45) is 10.8 Å². The van der Waals surface area contributed by atoms with Crippen molar-refractivity contribution < 1.29 is 8.95 Å². The van der Waals surface area contributed by atoms with Crippen LogP contribution in [0.25, 0.3) is 0 Å².